The molecular weight excluding hydrogens is 358 g/mol. The molecule has 1 unspecified atom stereocenters. The number of hydrogen-bond acceptors (Lipinski definition) is 6. The average molecular weight is 375 g/mol. The van der Waals surface area contributed by atoms with Crippen molar-refractivity contribution in [3.8, 4) is 17.2 Å². The van der Waals surface area contributed by atoms with Crippen molar-refractivity contribution in [3.63, 3.8) is 0 Å². The highest BCUT2D eigenvalue weighted by Gasteiger charge is 2.26. The second kappa shape index (κ2) is 6.53. The second-order valence-corrected chi connectivity index (χ2v) is 6.68. The fraction of sp³-hybridized carbons (Fsp3) is 0.190. The second-order valence-electron chi connectivity index (χ2n) is 6.68. The molecule has 1 N–H and O–H groups in total. The zero-order valence-electron chi connectivity index (χ0n) is 15.1. The molecule has 0 aliphatic carbocycles. The minimum absolute atomic E-state index is 0.132. The molecule has 0 radical (unpaired) electrons. The predicted octanol–water partition coefficient (Wildman–Crippen LogP) is 4.04. The van der Waals surface area contributed by atoms with Gasteiger partial charge in [-0.3, -0.25) is 4.79 Å². The van der Waals surface area contributed by atoms with Gasteiger partial charge in [-0.15, -0.1) is 0 Å². The van der Waals surface area contributed by atoms with Crippen molar-refractivity contribution in [2.24, 2.45) is 0 Å². The number of aromatic nitrogens is 2. The van der Waals surface area contributed by atoms with Crippen molar-refractivity contribution in [1.29, 1.82) is 0 Å². The summed E-state index contributed by atoms with van der Waals surface area (Å²) in [6, 6.07) is 12.9. The fourth-order valence-corrected chi connectivity index (χ4v) is 3.55. The van der Waals surface area contributed by atoms with Crippen LogP contribution in [-0.2, 0) is 0 Å². The van der Waals surface area contributed by atoms with Gasteiger partial charge in [0.05, 0.1) is 35.6 Å². The number of carbonyl (C=O) groups is 1. The lowest BCUT2D eigenvalue weighted by atomic mass is 9.99. The van der Waals surface area contributed by atoms with Crippen molar-refractivity contribution in [2.75, 3.05) is 6.61 Å². The molecule has 0 fully saturated rings. The lowest BCUT2D eigenvalue weighted by molar-refractivity contribution is 0.0926. The zero-order chi connectivity index (χ0) is 19.1. The Balaban J connectivity index is 1.55. The molecule has 1 aliphatic heterocycles. The molecule has 5 rings (SSSR count). The van der Waals surface area contributed by atoms with Crippen molar-refractivity contribution in [3.05, 3.63) is 65.5 Å². The Labute approximate surface area is 160 Å². The van der Waals surface area contributed by atoms with Crippen LogP contribution in [0.2, 0.25) is 0 Å². The molecule has 1 aromatic carbocycles. The first-order valence-corrected chi connectivity index (χ1v) is 9.04. The number of benzene rings is 1. The van der Waals surface area contributed by atoms with Crippen LogP contribution in [0.15, 0.2) is 57.7 Å². The van der Waals surface area contributed by atoms with Gasteiger partial charge in [0, 0.05) is 12.0 Å². The Morgan fingerprint density at radius 1 is 1.21 bits per heavy atom. The minimum Gasteiger partial charge on any atom is -0.493 e. The number of para-hydroxylation sites is 1. The van der Waals surface area contributed by atoms with Gasteiger partial charge < -0.3 is 19.0 Å². The standard InChI is InChI=1S/C21H17N3O4/c1-12-19-14(11-16(18-7-4-9-26-18)23-21(19)28-24-12)20(25)22-15-8-10-27-17-6-3-2-5-13(15)17/h2-7,9,11,15H,8,10H2,1H3,(H,22,25). The van der Waals surface area contributed by atoms with Crippen LogP contribution < -0.4 is 10.1 Å². The maximum atomic E-state index is 13.2. The van der Waals surface area contributed by atoms with Crippen LogP contribution in [0.4, 0.5) is 0 Å². The molecule has 4 heterocycles. The molecule has 3 aromatic heterocycles. The van der Waals surface area contributed by atoms with E-state index in [1.807, 2.05) is 24.3 Å². The van der Waals surface area contributed by atoms with Gasteiger partial charge in [0.25, 0.3) is 11.6 Å². The molecule has 4 aromatic rings. The van der Waals surface area contributed by atoms with Gasteiger partial charge in [-0.25, -0.2) is 4.98 Å². The molecule has 7 heteroatoms. The third kappa shape index (κ3) is 2.72. The Morgan fingerprint density at radius 3 is 2.96 bits per heavy atom. The molecule has 0 bridgehead atoms. The smallest absolute Gasteiger partial charge is 0.259 e. The summed E-state index contributed by atoms with van der Waals surface area (Å²) < 4.78 is 16.4. The van der Waals surface area contributed by atoms with Crippen LogP contribution in [0.5, 0.6) is 5.75 Å². The van der Waals surface area contributed by atoms with E-state index in [4.69, 9.17) is 13.7 Å². The monoisotopic (exact) mass is 375 g/mol. The lowest BCUT2D eigenvalue weighted by Crippen LogP contribution is -2.32. The normalized spacial score (nSPS) is 15.8. The molecule has 1 aliphatic rings. The van der Waals surface area contributed by atoms with E-state index in [-0.39, 0.29) is 11.9 Å². The first kappa shape index (κ1) is 16.6. The molecule has 1 amide bonds. The van der Waals surface area contributed by atoms with E-state index in [2.05, 4.69) is 15.5 Å². The summed E-state index contributed by atoms with van der Waals surface area (Å²) in [6.07, 6.45) is 2.26. The number of carbonyl (C=O) groups excluding carboxylic acids is 1. The van der Waals surface area contributed by atoms with Crippen molar-refractivity contribution in [1.82, 2.24) is 15.5 Å². The number of ether oxygens (including phenoxy) is 1. The molecule has 1 atom stereocenters. The third-order valence-electron chi connectivity index (χ3n) is 4.90. The van der Waals surface area contributed by atoms with Crippen LogP contribution in [0.25, 0.3) is 22.6 Å². The molecule has 0 saturated carbocycles. The van der Waals surface area contributed by atoms with Gasteiger partial charge in [-0.2, -0.15) is 0 Å². The number of hydrogen-bond donors (Lipinski definition) is 1. The van der Waals surface area contributed by atoms with Crippen molar-refractivity contribution >= 4 is 17.0 Å². The van der Waals surface area contributed by atoms with Crippen molar-refractivity contribution in [2.45, 2.75) is 19.4 Å². The molecule has 0 saturated heterocycles. The van der Waals surface area contributed by atoms with Crippen molar-refractivity contribution < 1.29 is 18.5 Å². The lowest BCUT2D eigenvalue weighted by Gasteiger charge is -2.26. The van der Waals surface area contributed by atoms with E-state index in [0.717, 1.165) is 11.3 Å². The summed E-state index contributed by atoms with van der Waals surface area (Å²) in [5.41, 5.74) is 2.88. The number of furan rings is 1. The highest BCUT2D eigenvalue weighted by molar-refractivity contribution is 6.07. The first-order valence-electron chi connectivity index (χ1n) is 9.04. The molecular formula is C21H17N3O4. The largest absolute Gasteiger partial charge is 0.493 e. The summed E-state index contributed by atoms with van der Waals surface area (Å²) >= 11 is 0. The fourth-order valence-electron chi connectivity index (χ4n) is 3.55. The summed E-state index contributed by atoms with van der Waals surface area (Å²) in [5, 5.41) is 7.71. The molecule has 140 valence electrons. The maximum Gasteiger partial charge on any atom is 0.259 e. The van der Waals surface area contributed by atoms with E-state index < -0.39 is 0 Å². The third-order valence-corrected chi connectivity index (χ3v) is 4.90. The highest BCUT2D eigenvalue weighted by atomic mass is 16.5. The quantitative estimate of drug-likeness (QED) is 0.581. The van der Waals surface area contributed by atoms with E-state index in [0.29, 0.717) is 46.8 Å². The molecule has 0 spiro atoms. The van der Waals surface area contributed by atoms with Gasteiger partial charge in [-0.1, -0.05) is 23.4 Å². The number of amides is 1. The van der Waals surface area contributed by atoms with Crippen LogP contribution in [-0.4, -0.2) is 22.7 Å². The van der Waals surface area contributed by atoms with Crippen LogP contribution in [0.3, 0.4) is 0 Å². The van der Waals surface area contributed by atoms with Gasteiger partial charge in [0.15, 0.2) is 5.76 Å². The number of pyridine rings is 1. The summed E-state index contributed by atoms with van der Waals surface area (Å²) in [4.78, 5) is 17.7. The van der Waals surface area contributed by atoms with Crippen LogP contribution in [0.1, 0.15) is 34.1 Å². The average Bonchev–Trinajstić information content (AvgIpc) is 3.38. The topological polar surface area (TPSA) is 90.4 Å². The van der Waals surface area contributed by atoms with Crippen LogP contribution in [0, 0.1) is 6.92 Å². The number of nitrogens with zero attached hydrogens (tertiary/aromatic N) is 2. The Hall–Kier alpha value is -3.61. The van der Waals surface area contributed by atoms with Crippen LogP contribution >= 0.6 is 0 Å². The SMILES string of the molecule is Cc1noc2nc(-c3ccco3)cc(C(=O)NC3CCOc4ccccc43)c12. The van der Waals surface area contributed by atoms with Gasteiger partial charge >= 0.3 is 0 Å². The summed E-state index contributed by atoms with van der Waals surface area (Å²) in [7, 11) is 0. The van der Waals surface area contributed by atoms with E-state index in [9.17, 15) is 4.79 Å². The van der Waals surface area contributed by atoms with E-state index >= 15 is 0 Å². The number of nitrogens with one attached hydrogen (secondary N) is 1. The minimum atomic E-state index is -0.215. The zero-order valence-corrected chi connectivity index (χ0v) is 15.1. The van der Waals surface area contributed by atoms with Gasteiger partial charge in [0.2, 0.25) is 0 Å². The number of fused-ring (bicyclic) bond motifs is 2. The van der Waals surface area contributed by atoms with Gasteiger partial charge in [0.1, 0.15) is 11.4 Å². The first-order chi connectivity index (χ1) is 13.7. The van der Waals surface area contributed by atoms with E-state index in [1.165, 1.54) is 0 Å². The number of rotatable bonds is 3. The maximum absolute atomic E-state index is 13.2. The highest BCUT2D eigenvalue weighted by Crippen LogP contribution is 2.33. The summed E-state index contributed by atoms with van der Waals surface area (Å²) in [6.45, 7) is 2.35. The Kier molecular flexibility index (Phi) is 3.86. The molecule has 7 nitrogen and oxygen atoms in total. The Morgan fingerprint density at radius 2 is 2.11 bits per heavy atom. The predicted molar refractivity (Wildman–Crippen MR) is 101 cm³/mol. The molecule has 28 heavy (non-hydrogen) atoms. The van der Waals surface area contributed by atoms with E-state index in [1.54, 1.807) is 31.4 Å². The summed E-state index contributed by atoms with van der Waals surface area (Å²) in [5.74, 6) is 1.14. The number of aryl methyl sites for hydroxylation is 1. The Bertz CT molecular complexity index is 1160. The van der Waals surface area contributed by atoms with Gasteiger partial charge in [-0.05, 0) is 31.2 Å².